The maximum absolute atomic E-state index is 15.3. The van der Waals surface area contributed by atoms with Crippen molar-refractivity contribution >= 4 is 39.9 Å². The third-order valence-electron chi connectivity index (χ3n) is 10.1. The summed E-state index contributed by atoms with van der Waals surface area (Å²) in [6.45, 7) is 0.753. The summed E-state index contributed by atoms with van der Waals surface area (Å²) in [7, 11) is 1.70. The SMILES string of the molecule is COC1CCC(NC/C=C/C(=O)Nc2c(F)cc(C(=O)c3cn4c5c(cccc35)-c3c(cc(N5CCCC5=O)cc3C(F)(F)F)OCC4)cc2F)CC1. The van der Waals surface area contributed by atoms with Gasteiger partial charge in [-0.15, -0.1) is 0 Å². The lowest BCUT2D eigenvalue weighted by atomic mass is 9.93. The standard InChI is InChI=1S/C39H37F5N4O5/c1-52-25-11-9-23(10-12-25)45-13-3-7-33(49)46-36-30(40)17-22(18-31(36)41)38(51)28-21-47-15-16-53-32-20-24(48-14-4-8-34(48)50)19-29(39(42,43)44)35(32)27-6-2-5-26(28)37(27)47/h2-3,5-7,17-21,23,25,45H,4,8-16H2,1H3,(H,46,49)/b7-3+. The number of carbonyl (C=O) groups is 3. The van der Waals surface area contributed by atoms with Crippen LogP contribution in [0.1, 0.15) is 60.0 Å². The lowest BCUT2D eigenvalue weighted by Crippen LogP contribution is -2.35. The highest BCUT2D eigenvalue weighted by Gasteiger charge is 2.39. The molecule has 1 saturated heterocycles. The smallest absolute Gasteiger partial charge is 0.417 e. The summed E-state index contributed by atoms with van der Waals surface area (Å²) in [5.74, 6) is -4.20. The third kappa shape index (κ3) is 7.30. The van der Waals surface area contributed by atoms with Crippen LogP contribution in [0.15, 0.2) is 60.8 Å². The average molecular weight is 737 g/mol. The second-order valence-corrected chi connectivity index (χ2v) is 13.5. The highest BCUT2D eigenvalue weighted by Crippen LogP contribution is 2.48. The minimum absolute atomic E-state index is 0.0138. The highest BCUT2D eigenvalue weighted by molar-refractivity contribution is 6.18. The van der Waals surface area contributed by atoms with Crippen LogP contribution in [-0.2, 0) is 27.0 Å². The summed E-state index contributed by atoms with van der Waals surface area (Å²) in [4.78, 5) is 40.1. The molecule has 0 radical (unpaired) electrons. The van der Waals surface area contributed by atoms with Crippen molar-refractivity contribution in [2.24, 2.45) is 0 Å². The number of hydrogen-bond acceptors (Lipinski definition) is 6. The highest BCUT2D eigenvalue weighted by atomic mass is 19.4. The van der Waals surface area contributed by atoms with E-state index in [1.54, 1.807) is 23.8 Å². The van der Waals surface area contributed by atoms with E-state index in [1.807, 2.05) is 0 Å². The minimum Gasteiger partial charge on any atom is -0.491 e. The number of ether oxygens (including phenoxy) is 2. The van der Waals surface area contributed by atoms with E-state index in [1.165, 1.54) is 35.4 Å². The van der Waals surface area contributed by atoms with E-state index < -0.39 is 40.8 Å². The fourth-order valence-corrected chi connectivity index (χ4v) is 7.51. The van der Waals surface area contributed by atoms with Gasteiger partial charge in [0.05, 0.1) is 23.7 Å². The molecule has 3 aromatic carbocycles. The molecule has 1 aromatic heterocycles. The van der Waals surface area contributed by atoms with Gasteiger partial charge in [-0.25, -0.2) is 8.78 Å². The number of nitrogens with zero attached hydrogens (tertiary/aromatic N) is 2. The van der Waals surface area contributed by atoms with Gasteiger partial charge in [-0.05, 0) is 50.3 Å². The largest absolute Gasteiger partial charge is 0.491 e. The number of carbonyl (C=O) groups excluding carboxylic acids is 3. The Morgan fingerprint density at radius 3 is 2.47 bits per heavy atom. The van der Waals surface area contributed by atoms with Crippen LogP contribution in [-0.4, -0.2) is 61.1 Å². The minimum atomic E-state index is -4.83. The number of methoxy groups -OCH3 is 1. The van der Waals surface area contributed by atoms with E-state index in [-0.39, 0.29) is 76.7 Å². The second-order valence-electron chi connectivity index (χ2n) is 13.5. The van der Waals surface area contributed by atoms with Crippen LogP contribution in [0.5, 0.6) is 5.75 Å². The fourth-order valence-electron chi connectivity index (χ4n) is 7.51. The first-order valence-electron chi connectivity index (χ1n) is 17.5. The molecule has 1 saturated carbocycles. The summed E-state index contributed by atoms with van der Waals surface area (Å²) < 4.78 is 87.6. The fraction of sp³-hybridized carbons (Fsp3) is 0.359. The van der Waals surface area contributed by atoms with Crippen LogP contribution in [0.25, 0.3) is 22.0 Å². The molecule has 2 aliphatic heterocycles. The zero-order valence-electron chi connectivity index (χ0n) is 28.8. The van der Waals surface area contributed by atoms with Gasteiger partial charge in [-0.2, -0.15) is 13.2 Å². The molecule has 53 heavy (non-hydrogen) atoms. The number of nitrogens with one attached hydrogen (secondary N) is 2. The van der Waals surface area contributed by atoms with Gasteiger partial charge < -0.3 is 29.6 Å². The lowest BCUT2D eigenvalue weighted by Gasteiger charge is -2.27. The lowest BCUT2D eigenvalue weighted by molar-refractivity contribution is -0.137. The molecule has 2 fully saturated rings. The van der Waals surface area contributed by atoms with Gasteiger partial charge in [0.25, 0.3) is 0 Å². The molecule has 3 heterocycles. The Balaban J connectivity index is 1.15. The van der Waals surface area contributed by atoms with Crippen LogP contribution >= 0.6 is 0 Å². The maximum atomic E-state index is 15.3. The number of ketones is 1. The first-order chi connectivity index (χ1) is 25.4. The zero-order chi connectivity index (χ0) is 37.4. The maximum Gasteiger partial charge on any atom is 0.417 e. The summed E-state index contributed by atoms with van der Waals surface area (Å²) in [6.07, 6.45) is 4.11. The molecule has 7 rings (SSSR count). The van der Waals surface area contributed by atoms with Crippen LogP contribution in [0.4, 0.5) is 33.3 Å². The molecular weight excluding hydrogens is 699 g/mol. The molecule has 0 bridgehead atoms. The molecule has 4 aromatic rings. The average Bonchev–Trinajstić information content (AvgIpc) is 3.73. The number of amides is 2. The van der Waals surface area contributed by atoms with Crippen molar-refractivity contribution in [3.05, 3.63) is 89.1 Å². The predicted octanol–water partition coefficient (Wildman–Crippen LogP) is 7.40. The number of fused-ring (bicyclic) bond motifs is 2. The van der Waals surface area contributed by atoms with Crippen molar-refractivity contribution in [1.29, 1.82) is 0 Å². The number of hydrogen-bond donors (Lipinski definition) is 2. The predicted molar refractivity (Wildman–Crippen MR) is 188 cm³/mol. The van der Waals surface area contributed by atoms with Gasteiger partial charge in [-0.1, -0.05) is 24.3 Å². The van der Waals surface area contributed by atoms with E-state index in [0.29, 0.717) is 25.0 Å². The number of alkyl halides is 3. The Labute approximate surface area is 301 Å². The summed E-state index contributed by atoms with van der Waals surface area (Å²) in [6, 6.07) is 8.84. The number of anilines is 2. The Hall–Kier alpha value is -5.08. The van der Waals surface area contributed by atoms with E-state index in [0.717, 1.165) is 43.9 Å². The molecule has 0 atom stereocenters. The van der Waals surface area contributed by atoms with Gasteiger partial charge in [0.2, 0.25) is 11.8 Å². The zero-order valence-corrected chi connectivity index (χ0v) is 28.8. The molecule has 14 heteroatoms. The first-order valence-corrected chi connectivity index (χ1v) is 17.5. The Kier molecular flexibility index (Phi) is 10.1. The molecule has 0 spiro atoms. The monoisotopic (exact) mass is 736 g/mol. The van der Waals surface area contributed by atoms with E-state index in [2.05, 4.69) is 10.6 Å². The van der Waals surface area contributed by atoms with E-state index >= 15 is 8.78 Å². The molecule has 3 aliphatic rings. The third-order valence-corrected chi connectivity index (χ3v) is 10.1. The van der Waals surface area contributed by atoms with Crippen LogP contribution in [0.2, 0.25) is 0 Å². The quantitative estimate of drug-likeness (QED) is 0.106. The van der Waals surface area contributed by atoms with Crippen molar-refractivity contribution in [2.45, 2.75) is 63.4 Å². The molecule has 278 valence electrons. The van der Waals surface area contributed by atoms with Crippen molar-refractivity contribution in [3.8, 4) is 16.9 Å². The van der Waals surface area contributed by atoms with Crippen molar-refractivity contribution in [3.63, 3.8) is 0 Å². The summed E-state index contributed by atoms with van der Waals surface area (Å²) in [5, 5.41) is 5.80. The molecule has 2 N–H and O–H groups in total. The Morgan fingerprint density at radius 1 is 1.04 bits per heavy atom. The van der Waals surface area contributed by atoms with Gasteiger partial charge in [0, 0.05) is 84.3 Å². The Bertz CT molecular complexity index is 2100. The van der Waals surface area contributed by atoms with Gasteiger partial charge in [0.15, 0.2) is 5.78 Å². The Morgan fingerprint density at radius 2 is 1.79 bits per heavy atom. The van der Waals surface area contributed by atoms with Gasteiger partial charge in [-0.3, -0.25) is 14.4 Å². The normalized spacial score (nSPS) is 18.9. The topological polar surface area (TPSA) is 102 Å². The van der Waals surface area contributed by atoms with Crippen molar-refractivity contribution in [2.75, 3.05) is 37.0 Å². The van der Waals surface area contributed by atoms with Crippen LogP contribution in [0.3, 0.4) is 0 Å². The van der Waals surface area contributed by atoms with Crippen molar-refractivity contribution < 1.29 is 45.8 Å². The van der Waals surface area contributed by atoms with E-state index in [4.69, 9.17) is 9.47 Å². The van der Waals surface area contributed by atoms with Gasteiger partial charge >= 0.3 is 6.18 Å². The molecule has 0 unspecified atom stereocenters. The van der Waals surface area contributed by atoms with Crippen LogP contribution < -0.4 is 20.3 Å². The number of aromatic nitrogens is 1. The summed E-state index contributed by atoms with van der Waals surface area (Å²) in [5.41, 5.74) is -1.77. The number of benzene rings is 3. The molecular formula is C39H37F5N4O5. The molecule has 9 nitrogen and oxygen atoms in total. The van der Waals surface area contributed by atoms with E-state index in [9.17, 15) is 27.6 Å². The number of para-hydroxylation sites is 1. The molecule has 2 amide bonds. The number of halogens is 5. The number of rotatable bonds is 9. The van der Waals surface area contributed by atoms with Crippen LogP contribution in [0, 0.1) is 11.6 Å². The molecule has 1 aliphatic carbocycles. The van der Waals surface area contributed by atoms with Gasteiger partial charge in [0.1, 0.15) is 29.7 Å². The van der Waals surface area contributed by atoms with Crippen molar-refractivity contribution in [1.82, 2.24) is 9.88 Å². The second kappa shape index (κ2) is 14.7. The summed E-state index contributed by atoms with van der Waals surface area (Å²) >= 11 is 0. The first kappa shape index (κ1) is 36.3.